The molecule has 0 amide bonds. The topological polar surface area (TPSA) is 55.6 Å². The summed E-state index contributed by atoms with van der Waals surface area (Å²) in [6.07, 6.45) is 5.28. The summed E-state index contributed by atoms with van der Waals surface area (Å²) in [5.74, 6) is 1.00. The van der Waals surface area contributed by atoms with Crippen LogP contribution in [-0.2, 0) is 7.05 Å². The molecule has 0 fully saturated rings. The summed E-state index contributed by atoms with van der Waals surface area (Å²) in [6, 6.07) is 7.80. The Morgan fingerprint density at radius 3 is 2.86 bits per heavy atom. The van der Waals surface area contributed by atoms with Gasteiger partial charge in [-0.15, -0.1) is 5.10 Å². The number of nitrogens with zero attached hydrogens (tertiary/aromatic N) is 4. The molecule has 5 nitrogen and oxygen atoms in total. The van der Waals surface area contributed by atoms with Crippen LogP contribution in [0.3, 0.4) is 0 Å². The van der Waals surface area contributed by atoms with Crippen LogP contribution in [0.2, 0.25) is 5.02 Å². The van der Waals surface area contributed by atoms with Gasteiger partial charge in [0.1, 0.15) is 0 Å². The van der Waals surface area contributed by atoms with Crippen molar-refractivity contribution in [3.63, 3.8) is 0 Å². The van der Waals surface area contributed by atoms with Crippen molar-refractivity contribution in [3.05, 3.63) is 40.9 Å². The van der Waals surface area contributed by atoms with Crippen LogP contribution in [0.5, 0.6) is 0 Å². The molecule has 0 aliphatic carbocycles. The second-order valence-corrected chi connectivity index (χ2v) is 5.94. The molecule has 0 bridgehead atoms. The maximum atomic E-state index is 5.84. The molecule has 0 aliphatic rings. The maximum absolute atomic E-state index is 5.84. The molecule has 2 aromatic rings. The van der Waals surface area contributed by atoms with Crippen LogP contribution in [0, 0.1) is 0 Å². The van der Waals surface area contributed by atoms with Gasteiger partial charge in [-0.05, 0) is 41.1 Å². The first-order chi connectivity index (χ1) is 10.3. The average molecular weight is 324 g/mol. The molecule has 0 unspecified atom stereocenters. The van der Waals surface area contributed by atoms with Crippen molar-refractivity contribution in [1.29, 1.82) is 0 Å². The van der Waals surface area contributed by atoms with Gasteiger partial charge in [0.05, 0.1) is 0 Å². The van der Waals surface area contributed by atoms with E-state index in [0.717, 1.165) is 41.0 Å². The predicted molar refractivity (Wildman–Crippen MR) is 87.5 cm³/mol. The van der Waals surface area contributed by atoms with E-state index >= 15 is 0 Å². The third-order valence-electron chi connectivity index (χ3n) is 2.75. The minimum absolute atomic E-state index is 0.765. The van der Waals surface area contributed by atoms with Crippen LogP contribution in [0.15, 0.2) is 35.5 Å². The first kappa shape index (κ1) is 16.0. The third-order valence-corrected chi connectivity index (χ3v) is 4.10. The molecule has 1 aromatic carbocycles. The zero-order valence-electron chi connectivity index (χ0n) is 11.9. The minimum atomic E-state index is 0.765. The first-order valence-corrected chi connectivity index (χ1v) is 8.10. The summed E-state index contributed by atoms with van der Waals surface area (Å²) in [5.41, 5.74) is 1.16. The lowest BCUT2D eigenvalue weighted by Gasteiger charge is -2.01. The molecule has 0 aliphatic heterocycles. The van der Waals surface area contributed by atoms with Gasteiger partial charge < -0.3 is 5.32 Å². The second-order valence-electron chi connectivity index (χ2n) is 4.45. The largest absolute Gasteiger partial charge is 0.313 e. The highest BCUT2D eigenvalue weighted by Crippen LogP contribution is 2.12. The van der Waals surface area contributed by atoms with E-state index in [9.17, 15) is 0 Å². The Kier molecular flexibility index (Phi) is 6.72. The number of nitrogens with one attached hydrogen (secondary N) is 1. The molecule has 0 saturated heterocycles. The number of hydrogen-bond donors (Lipinski definition) is 1. The van der Waals surface area contributed by atoms with E-state index in [1.807, 2.05) is 31.3 Å². The van der Waals surface area contributed by atoms with E-state index < -0.39 is 0 Å². The molecule has 7 heteroatoms. The zero-order chi connectivity index (χ0) is 14.9. The van der Waals surface area contributed by atoms with Crippen LogP contribution in [0.1, 0.15) is 12.0 Å². The predicted octanol–water partition coefficient (Wildman–Crippen LogP) is 2.65. The average Bonchev–Trinajstić information content (AvgIpc) is 2.89. The van der Waals surface area contributed by atoms with E-state index in [0.29, 0.717) is 0 Å². The van der Waals surface area contributed by atoms with Crippen LogP contribution in [-0.4, -0.2) is 39.0 Å². The summed E-state index contributed by atoms with van der Waals surface area (Å²) in [6.45, 7) is 1.84. The van der Waals surface area contributed by atoms with Crippen LogP contribution < -0.4 is 5.32 Å². The SMILES string of the molecule is Cn1nnnc1SCCCNC/C=C\c1ccc(Cl)cc1. The Hall–Kier alpha value is -1.37. The van der Waals surface area contributed by atoms with Crippen molar-refractivity contribution < 1.29 is 0 Å². The summed E-state index contributed by atoms with van der Waals surface area (Å²) >= 11 is 7.51. The lowest BCUT2D eigenvalue weighted by atomic mass is 10.2. The van der Waals surface area contributed by atoms with Gasteiger partial charge in [-0.25, -0.2) is 4.68 Å². The Balaban J connectivity index is 1.54. The smallest absolute Gasteiger partial charge is 0.209 e. The van der Waals surface area contributed by atoms with Gasteiger partial charge in [-0.3, -0.25) is 0 Å². The number of rotatable bonds is 8. The maximum Gasteiger partial charge on any atom is 0.209 e. The van der Waals surface area contributed by atoms with E-state index in [2.05, 4.69) is 33.0 Å². The quantitative estimate of drug-likeness (QED) is 0.598. The van der Waals surface area contributed by atoms with Crippen molar-refractivity contribution in [1.82, 2.24) is 25.5 Å². The van der Waals surface area contributed by atoms with E-state index in [1.165, 1.54) is 0 Å². The number of hydrogen-bond acceptors (Lipinski definition) is 5. The number of tetrazole rings is 1. The van der Waals surface area contributed by atoms with Gasteiger partial charge in [0, 0.05) is 24.4 Å². The fraction of sp³-hybridized carbons (Fsp3) is 0.357. The van der Waals surface area contributed by atoms with Crippen LogP contribution in [0.4, 0.5) is 0 Å². The van der Waals surface area contributed by atoms with Crippen LogP contribution in [0.25, 0.3) is 6.08 Å². The summed E-state index contributed by atoms with van der Waals surface area (Å²) in [4.78, 5) is 0. The number of aromatic nitrogens is 4. The highest BCUT2D eigenvalue weighted by molar-refractivity contribution is 7.99. The van der Waals surface area contributed by atoms with Gasteiger partial charge >= 0.3 is 0 Å². The molecule has 1 heterocycles. The lowest BCUT2D eigenvalue weighted by molar-refractivity contribution is 0.663. The van der Waals surface area contributed by atoms with Gasteiger partial charge in [0.15, 0.2) is 0 Å². The zero-order valence-corrected chi connectivity index (χ0v) is 13.4. The standard InChI is InChI=1S/C14H18ClN5S/c1-20-14(17-18-19-20)21-11-3-10-16-9-2-4-12-5-7-13(15)8-6-12/h2,4-8,16H,3,9-11H2,1H3/b4-2-. The summed E-state index contributed by atoms with van der Waals surface area (Å²) < 4.78 is 1.69. The molecule has 0 spiro atoms. The highest BCUT2D eigenvalue weighted by Gasteiger charge is 2.01. The molecule has 112 valence electrons. The third kappa shape index (κ3) is 5.87. The molecule has 1 N–H and O–H groups in total. The Bertz CT molecular complexity index is 567. The number of thioether (sulfide) groups is 1. The monoisotopic (exact) mass is 323 g/mol. The molecule has 0 radical (unpaired) electrons. The minimum Gasteiger partial charge on any atom is -0.313 e. The Labute approximate surface area is 133 Å². The Morgan fingerprint density at radius 2 is 2.14 bits per heavy atom. The molecular weight excluding hydrogens is 306 g/mol. The van der Waals surface area contributed by atoms with Gasteiger partial charge in [0.2, 0.25) is 5.16 Å². The normalized spacial score (nSPS) is 11.3. The summed E-state index contributed by atoms with van der Waals surface area (Å²) in [7, 11) is 1.85. The van der Waals surface area contributed by atoms with E-state index in [4.69, 9.17) is 11.6 Å². The molecule has 0 saturated carbocycles. The highest BCUT2D eigenvalue weighted by atomic mass is 35.5. The van der Waals surface area contributed by atoms with Crippen molar-refractivity contribution in [2.45, 2.75) is 11.6 Å². The van der Waals surface area contributed by atoms with E-state index in [1.54, 1.807) is 16.4 Å². The van der Waals surface area contributed by atoms with Crippen LogP contribution >= 0.6 is 23.4 Å². The molecule has 0 atom stereocenters. The molecule has 2 rings (SSSR count). The van der Waals surface area contributed by atoms with E-state index in [-0.39, 0.29) is 0 Å². The number of benzene rings is 1. The second kappa shape index (κ2) is 8.81. The molecular formula is C14H18ClN5S. The van der Waals surface area contributed by atoms with Crippen molar-refractivity contribution in [2.24, 2.45) is 7.05 Å². The lowest BCUT2D eigenvalue weighted by Crippen LogP contribution is -2.15. The van der Waals surface area contributed by atoms with Crippen molar-refractivity contribution in [3.8, 4) is 0 Å². The van der Waals surface area contributed by atoms with Gasteiger partial charge in [-0.1, -0.05) is 47.6 Å². The van der Waals surface area contributed by atoms with Gasteiger partial charge in [0.25, 0.3) is 0 Å². The Morgan fingerprint density at radius 1 is 1.33 bits per heavy atom. The van der Waals surface area contributed by atoms with Crippen molar-refractivity contribution in [2.75, 3.05) is 18.8 Å². The first-order valence-electron chi connectivity index (χ1n) is 6.73. The molecule has 1 aromatic heterocycles. The fourth-order valence-corrected chi connectivity index (χ4v) is 2.57. The number of aryl methyl sites for hydroxylation is 1. The number of halogens is 1. The fourth-order valence-electron chi connectivity index (χ4n) is 1.66. The molecule has 21 heavy (non-hydrogen) atoms. The summed E-state index contributed by atoms with van der Waals surface area (Å²) in [5, 5.41) is 16.3. The van der Waals surface area contributed by atoms with Gasteiger partial charge in [-0.2, -0.15) is 0 Å². The van der Waals surface area contributed by atoms with Crippen molar-refractivity contribution >= 4 is 29.4 Å².